The van der Waals surface area contributed by atoms with Crippen molar-refractivity contribution < 1.29 is 3.76 Å². The van der Waals surface area contributed by atoms with Crippen molar-refractivity contribution in [2.75, 3.05) is 6.61 Å². The van der Waals surface area contributed by atoms with Crippen LogP contribution in [0.5, 0.6) is 0 Å². The Morgan fingerprint density at radius 1 is 1.30 bits per heavy atom. The van der Waals surface area contributed by atoms with Gasteiger partial charge in [-0.3, -0.25) is 0 Å². The summed E-state index contributed by atoms with van der Waals surface area (Å²) in [4.78, 5) is 0. The Morgan fingerprint density at radius 3 is 1.80 bits per heavy atom. The molecule has 0 bridgehead atoms. The van der Waals surface area contributed by atoms with E-state index in [1.807, 2.05) is 27.7 Å². The molecule has 0 aromatic heterocycles. The second-order valence-electron chi connectivity index (χ2n) is 3.20. The van der Waals surface area contributed by atoms with Gasteiger partial charge in [-0.05, 0) is 0 Å². The van der Waals surface area contributed by atoms with E-state index in [2.05, 4.69) is 0 Å². The van der Waals surface area contributed by atoms with Gasteiger partial charge in [0.25, 0.3) is 0 Å². The first-order valence-corrected chi connectivity index (χ1v) is 10.7. The van der Waals surface area contributed by atoms with Crippen LogP contribution in [0.2, 0.25) is 4.25 Å². The summed E-state index contributed by atoms with van der Waals surface area (Å²) in [5.74, 6) is 0. The second-order valence-corrected chi connectivity index (χ2v) is 15.7. The predicted molar refractivity (Wildman–Crippen MR) is 48.8 cm³/mol. The van der Waals surface area contributed by atoms with E-state index >= 15 is 0 Å². The zero-order chi connectivity index (χ0) is 8.41. The molecule has 4 heteroatoms. The van der Waals surface area contributed by atoms with Crippen molar-refractivity contribution in [3.8, 4) is 0 Å². The van der Waals surface area contributed by atoms with Crippen molar-refractivity contribution in [3.05, 3.63) is 0 Å². The molecule has 0 aliphatic rings. The van der Waals surface area contributed by atoms with Gasteiger partial charge >= 0.3 is 74.1 Å². The van der Waals surface area contributed by atoms with E-state index in [4.69, 9.17) is 23.8 Å². The molecule has 0 saturated heterocycles. The van der Waals surface area contributed by atoms with E-state index in [0.717, 1.165) is 0 Å². The van der Waals surface area contributed by atoms with E-state index in [-0.39, 0.29) is 4.25 Å². The first kappa shape index (κ1) is 11.1. The average Bonchev–Trinajstić information content (AvgIpc) is 1.61. The Morgan fingerprint density at radius 2 is 1.70 bits per heavy atom. The van der Waals surface area contributed by atoms with Crippen LogP contribution in [0.1, 0.15) is 27.7 Å². The van der Waals surface area contributed by atoms with Gasteiger partial charge in [0.2, 0.25) is 0 Å². The quantitative estimate of drug-likeness (QED) is 0.679. The molecule has 0 amide bonds. The van der Waals surface area contributed by atoms with Gasteiger partial charge < -0.3 is 0 Å². The number of halogens is 2. The molecule has 0 fully saturated rings. The Labute approximate surface area is 74.1 Å². The van der Waals surface area contributed by atoms with Crippen LogP contribution >= 0.6 is 20.0 Å². The minimum atomic E-state index is -2.95. The van der Waals surface area contributed by atoms with Crippen LogP contribution in [0.4, 0.5) is 0 Å². The molecule has 0 aliphatic carbocycles. The molecule has 0 saturated carbocycles. The maximum atomic E-state index is 6.04. The van der Waals surface area contributed by atoms with Crippen molar-refractivity contribution in [3.63, 3.8) is 0 Å². The zero-order valence-corrected chi connectivity index (χ0v) is 10.5. The van der Waals surface area contributed by atoms with E-state index in [1.165, 1.54) is 0 Å². The van der Waals surface area contributed by atoms with Gasteiger partial charge in [0, 0.05) is 0 Å². The molecule has 0 spiro atoms. The van der Waals surface area contributed by atoms with E-state index in [9.17, 15) is 0 Å². The molecule has 0 aliphatic heterocycles. The molecule has 0 rings (SSSR count). The third kappa shape index (κ3) is 2.99. The molecule has 10 heavy (non-hydrogen) atoms. The van der Waals surface area contributed by atoms with Crippen molar-refractivity contribution in [2.45, 2.75) is 31.9 Å². The molecular formula is C6H14Cl2GeO. The molecule has 0 N–H and O–H groups in total. The average molecular weight is 246 g/mol. The van der Waals surface area contributed by atoms with Gasteiger partial charge in [0.15, 0.2) is 0 Å². The Bertz CT molecular complexity index is 109. The van der Waals surface area contributed by atoms with Gasteiger partial charge in [0.1, 0.15) is 0 Å². The first-order chi connectivity index (χ1) is 4.31. The van der Waals surface area contributed by atoms with Gasteiger partial charge in [-0.15, -0.1) is 0 Å². The van der Waals surface area contributed by atoms with Gasteiger partial charge in [-0.25, -0.2) is 0 Å². The van der Waals surface area contributed by atoms with Crippen LogP contribution in [-0.4, -0.2) is 18.4 Å². The van der Waals surface area contributed by atoms with Crippen LogP contribution < -0.4 is 0 Å². The monoisotopic (exact) mass is 246 g/mol. The molecule has 62 valence electrons. The Balaban J connectivity index is 4.10. The number of rotatable bonds is 2. The fourth-order valence-corrected chi connectivity index (χ4v) is 3.20. The van der Waals surface area contributed by atoms with Crippen molar-refractivity contribution >= 4 is 31.8 Å². The summed E-state index contributed by atoms with van der Waals surface area (Å²) in [6.07, 6.45) is 0. The predicted octanol–water partition coefficient (Wildman–Crippen LogP) is 3.24. The van der Waals surface area contributed by atoms with E-state index in [0.29, 0.717) is 6.61 Å². The fraction of sp³-hybridized carbons (Fsp3) is 1.00. The van der Waals surface area contributed by atoms with E-state index in [1.54, 1.807) is 0 Å². The van der Waals surface area contributed by atoms with E-state index < -0.39 is 11.7 Å². The van der Waals surface area contributed by atoms with Crippen LogP contribution in [0.25, 0.3) is 0 Å². The third-order valence-electron chi connectivity index (χ3n) is 1.20. The van der Waals surface area contributed by atoms with Crippen molar-refractivity contribution in [2.24, 2.45) is 0 Å². The molecule has 0 aromatic rings. The maximum absolute atomic E-state index is 6.04. The summed E-state index contributed by atoms with van der Waals surface area (Å²) in [6, 6.07) is 0. The number of hydrogen-bond donors (Lipinski definition) is 0. The molecule has 0 unspecified atom stereocenters. The van der Waals surface area contributed by atoms with Crippen molar-refractivity contribution in [1.82, 2.24) is 0 Å². The topological polar surface area (TPSA) is 9.23 Å². The SMILES string of the molecule is CC[O][Ge]([Cl])([Cl])[C](C)(C)C. The minimum absolute atomic E-state index is 0.0564. The summed E-state index contributed by atoms with van der Waals surface area (Å²) < 4.78 is 5.26. The first-order valence-electron chi connectivity index (χ1n) is 3.33. The van der Waals surface area contributed by atoms with Crippen molar-refractivity contribution in [1.29, 1.82) is 0 Å². The normalized spacial score (nSPS) is 13.8. The van der Waals surface area contributed by atoms with Crippen LogP contribution in [0.15, 0.2) is 0 Å². The van der Waals surface area contributed by atoms with Gasteiger partial charge in [0.05, 0.1) is 0 Å². The standard InChI is InChI=1S/C6H14Cl2GeO/c1-5-10-9(7,8)6(2,3)4/h5H2,1-4H3. The summed E-state index contributed by atoms with van der Waals surface area (Å²) in [5, 5.41) is 0. The summed E-state index contributed by atoms with van der Waals surface area (Å²) >= 11 is -2.95. The summed E-state index contributed by atoms with van der Waals surface area (Å²) in [7, 11) is 12.1. The molecule has 0 aromatic carbocycles. The zero-order valence-electron chi connectivity index (χ0n) is 6.87. The fourth-order valence-electron chi connectivity index (χ4n) is 0.398. The van der Waals surface area contributed by atoms with Crippen LogP contribution in [-0.2, 0) is 3.76 Å². The Kier molecular flexibility index (Phi) is 4.05. The molecule has 0 atom stereocenters. The van der Waals surface area contributed by atoms with Gasteiger partial charge in [-0.2, -0.15) is 0 Å². The van der Waals surface area contributed by atoms with Crippen LogP contribution in [0, 0.1) is 0 Å². The third-order valence-corrected chi connectivity index (χ3v) is 13.3. The van der Waals surface area contributed by atoms with Crippen LogP contribution in [0.3, 0.4) is 0 Å². The molecule has 0 heterocycles. The summed E-state index contributed by atoms with van der Waals surface area (Å²) in [6.45, 7) is 8.58. The molecular weight excluding hydrogens is 232 g/mol. The second kappa shape index (κ2) is 3.66. The summed E-state index contributed by atoms with van der Waals surface area (Å²) in [5.41, 5.74) is 0. The number of hydrogen-bond acceptors (Lipinski definition) is 1. The Hall–Kier alpha value is 1.08. The van der Waals surface area contributed by atoms with Gasteiger partial charge in [-0.1, -0.05) is 0 Å². The molecule has 1 nitrogen and oxygen atoms in total. The molecule has 0 radical (unpaired) electrons.